The number of nitrogens with zero attached hydrogens (tertiary/aromatic N) is 5. The van der Waals surface area contributed by atoms with Crippen molar-refractivity contribution in [1.29, 1.82) is 0 Å². The molecule has 0 bridgehead atoms. The number of methoxy groups -OCH3 is 1. The highest BCUT2D eigenvalue weighted by atomic mass is 16.5. The molecule has 4 saturated heterocycles. The smallest absolute Gasteiger partial charge is 0.308 e. The van der Waals surface area contributed by atoms with Crippen LogP contribution in [0.2, 0.25) is 0 Å². The molecule has 7 amide bonds. The van der Waals surface area contributed by atoms with Gasteiger partial charge in [0.1, 0.15) is 0 Å². The number of carbonyl (C=O) groups excluding carboxylic acids is 8. The third kappa shape index (κ3) is 53.8. The van der Waals surface area contributed by atoms with E-state index in [0.717, 1.165) is 140 Å². The predicted molar refractivity (Wildman–Crippen MR) is 411 cm³/mol. The molecule has 0 unspecified atom stereocenters. The zero-order valence-electron chi connectivity index (χ0n) is 66.6. The van der Waals surface area contributed by atoms with Crippen LogP contribution < -0.4 is 37.2 Å². The van der Waals surface area contributed by atoms with Crippen LogP contribution in [0.1, 0.15) is 191 Å². The van der Waals surface area contributed by atoms with E-state index >= 15 is 0 Å². The van der Waals surface area contributed by atoms with Crippen molar-refractivity contribution in [1.82, 2.24) is 56.4 Å². The Morgan fingerprint density at radius 3 is 1.16 bits per heavy atom. The maximum Gasteiger partial charge on any atom is 0.308 e. The minimum absolute atomic E-state index is 0.00120. The molecule has 0 spiro atoms. The van der Waals surface area contributed by atoms with E-state index in [1.165, 1.54) is 78.5 Å². The van der Waals surface area contributed by atoms with Gasteiger partial charge in [0.2, 0.25) is 35.4 Å². The Hall–Kier alpha value is -6.04. The van der Waals surface area contributed by atoms with Crippen LogP contribution in [0.4, 0.5) is 5.69 Å². The summed E-state index contributed by atoms with van der Waals surface area (Å²) in [6.45, 7) is 57.9. The van der Waals surface area contributed by atoms with Gasteiger partial charge >= 0.3 is 5.97 Å². The fourth-order valence-corrected chi connectivity index (χ4v) is 9.43. The third-order valence-corrected chi connectivity index (χ3v) is 16.1. The normalized spacial score (nSPS) is 14.8. The van der Waals surface area contributed by atoms with Gasteiger partial charge < -0.3 is 66.3 Å². The molecule has 4 heterocycles. The van der Waals surface area contributed by atoms with Crippen molar-refractivity contribution in [2.75, 3.05) is 157 Å². The van der Waals surface area contributed by atoms with Crippen LogP contribution in [-0.4, -0.2) is 230 Å². The quantitative estimate of drug-likeness (QED) is 0.0342. The van der Waals surface area contributed by atoms with E-state index in [0.29, 0.717) is 0 Å². The number of amides is 7. The number of hydrogen-bond donors (Lipinski definition) is 7. The summed E-state index contributed by atoms with van der Waals surface area (Å²) in [7, 11) is 3.56. The van der Waals surface area contributed by atoms with Gasteiger partial charge in [-0.05, 0) is 149 Å². The van der Waals surface area contributed by atoms with Crippen LogP contribution in [0.5, 0.6) is 0 Å². The van der Waals surface area contributed by atoms with Crippen LogP contribution in [0.3, 0.4) is 0 Å². The Balaban J connectivity index is 0. The van der Waals surface area contributed by atoms with E-state index in [2.05, 4.69) is 73.5 Å². The van der Waals surface area contributed by atoms with Crippen molar-refractivity contribution in [3.8, 4) is 0 Å². The number of likely N-dealkylation sites (N-methyl/N-ethyl adjacent to an activating group) is 1. The molecule has 2 aromatic carbocycles. The van der Waals surface area contributed by atoms with Crippen LogP contribution in [0, 0.1) is 55.3 Å². The second-order valence-electron chi connectivity index (χ2n) is 28.7. The zero-order valence-corrected chi connectivity index (χ0v) is 66.6. The predicted octanol–water partition coefficient (Wildman–Crippen LogP) is 9.68. The molecule has 2 aromatic rings. The number of hydrogen-bond acceptors (Lipinski definition) is 15. The summed E-state index contributed by atoms with van der Waals surface area (Å²) < 4.78 is 9.64. The number of nitrogens with one attached hydrogen (secondary N) is 7. The van der Waals surface area contributed by atoms with Crippen LogP contribution in [0.25, 0.3) is 0 Å². The average molecular weight is 1410 g/mol. The minimum atomic E-state index is -0.153. The molecule has 0 saturated carbocycles. The molecule has 4 aliphatic heterocycles. The summed E-state index contributed by atoms with van der Waals surface area (Å²) in [6.07, 6.45) is 9.74. The van der Waals surface area contributed by atoms with Crippen molar-refractivity contribution in [3.05, 3.63) is 65.2 Å². The summed E-state index contributed by atoms with van der Waals surface area (Å²) in [4.78, 5) is 101. The van der Waals surface area contributed by atoms with E-state index < -0.39 is 0 Å². The highest BCUT2D eigenvalue weighted by Gasteiger charge is 2.17. The number of morpholine rings is 1. The maximum absolute atomic E-state index is 11.5. The second-order valence-corrected chi connectivity index (χ2v) is 28.7. The first-order chi connectivity index (χ1) is 47.2. The number of carbonyl (C=O) groups is 8. The zero-order chi connectivity index (χ0) is 76.0. The van der Waals surface area contributed by atoms with E-state index in [4.69, 9.17) is 4.74 Å². The van der Waals surface area contributed by atoms with Gasteiger partial charge in [-0.2, -0.15) is 0 Å². The van der Waals surface area contributed by atoms with Gasteiger partial charge in [-0.1, -0.05) is 140 Å². The second kappa shape index (κ2) is 59.5. The van der Waals surface area contributed by atoms with Crippen molar-refractivity contribution >= 4 is 53.0 Å². The number of piperidine rings is 1. The molecule has 22 nitrogen and oxygen atoms in total. The molecule has 0 aromatic heterocycles. The molecule has 0 atom stereocenters. The summed E-state index contributed by atoms with van der Waals surface area (Å²) >= 11 is 0. The molecule has 4 aliphatic rings. The molecule has 576 valence electrons. The van der Waals surface area contributed by atoms with Crippen LogP contribution in [-0.2, 0) is 43.0 Å². The molecular weight excluding hydrogens is 1260 g/mol. The molecule has 4 fully saturated rings. The number of rotatable bonds is 26. The van der Waals surface area contributed by atoms with Crippen molar-refractivity contribution < 1.29 is 47.8 Å². The molecule has 22 heteroatoms. The van der Waals surface area contributed by atoms with E-state index in [9.17, 15) is 38.4 Å². The Bertz CT molecular complexity index is 2480. The number of esters is 1. The van der Waals surface area contributed by atoms with Crippen molar-refractivity contribution in [3.63, 3.8) is 0 Å². The largest absolute Gasteiger partial charge is 0.469 e. The number of likely N-dealkylation sites (tertiary alicyclic amines) is 2. The SMILES string of the molecule is CC(C)C(=O)NCCCN1CCN(C)CC1.CC(C)C(=O)NCCCN1CCOCC1.CC(C)C(=O)NCCN1CCCC1.CC(C)C(=O)NCCN1CCCCC1.CCCNC(=O)C(C)C.COC(=O)C(C)C.Cc1cccc(C(=O)NC(C)C)c1.Cc1cccc(NC(=O)C(C)C)c1. The Kier molecular flexibility index (Phi) is 57.1. The lowest BCUT2D eigenvalue weighted by atomic mass is 10.1. The van der Waals surface area contributed by atoms with Gasteiger partial charge in [0.15, 0.2) is 0 Å². The molecule has 6 rings (SSSR count). The number of piperazine rings is 1. The number of ether oxygens (including phenoxy) is 2. The van der Waals surface area contributed by atoms with Gasteiger partial charge in [-0.25, -0.2) is 0 Å². The van der Waals surface area contributed by atoms with Crippen molar-refractivity contribution in [2.24, 2.45) is 41.4 Å². The standard InChI is InChI=1S/C12H25N3O.C11H22N2O2.C11H22N2O.2C11H15NO.C10H20N2O.C7H15NO.C5H10O2/c1-11(2)12(16)13-5-4-6-15-9-7-14(3)8-10-15;1-10(2)11(14)12-4-3-5-13-6-8-15-9-7-13;1-10(2)11(14)12-6-9-13-7-4-3-5-8-13;1-8(2)12-11(13)10-6-4-5-9(3)7-10;1-8(2)11(13)12-10-6-4-5-9(3)7-10;1-9(2)10(13)11-5-8-12-6-3-4-7-12;1-4-5-8-7(9)6(2)3;1-4(2)5(6)7-3/h11H,4-10H2,1-3H3,(H,13,16);10H,3-9H2,1-2H3,(H,12,14);10H,3-9H2,1-2H3,(H,12,14);2*4-8H,1-3H3,(H,12,13);9H,3-8H2,1-2H3,(H,11,13);6H,4-5H2,1-3H3,(H,8,9);4H,1-3H3. The molecular formula is C78H144N12O10. The molecule has 7 N–H and O–H groups in total. The molecule has 0 radical (unpaired) electrons. The summed E-state index contributed by atoms with van der Waals surface area (Å²) in [5.74, 6) is 1.27. The lowest BCUT2D eigenvalue weighted by Crippen LogP contribution is -2.45. The first kappa shape index (κ1) is 96.0. The van der Waals surface area contributed by atoms with Gasteiger partial charge in [0, 0.05) is 138 Å². The lowest BCUT2D eigenvalue weighted by molar-refractivity contribution is -0.144. The average Bonchev–Trinajstić information content (AvgIpc) is 1.15. The van der Waals surface area contributed by atoms with Crippen molar-refractivity contribution in [2.45, 2.75) is 189 Å². The monoisotopic (exact) mass is 1410 g/mol. The Labute approximate surface area is 607 Å². The van der Waals surface area contributed by atoms with Gasteiger partial charge in [-0.15, -0.1) is 0 Å². The fraction of sp³-hybridized carbons (Fsp3) is 0.744. The fourth-order valence-electron chi connectivity index (χ4n) is 9.43. The maximum atomic E-state index is 11.5. The van der Waals surface area contributed by atoms with E-state index in [1.807, 2.05) is 166 Å². The van der Waals surface area contributed by atoms with Crippen LogP contribution in [0.15, 0.2) is 48.5 Å². The van der Waals surface area contributed by atoms with Gasteiger partial charge in [0.05, 0.1) is 26.2 Å². The van der Waals surface area contributed by atoms with Gasteiger partial charge in [0.25, 0.3) is 5.91 Å². The van der Waals surface area contributed by atoms with Crippen LogP contribution >= 0.6 is 0 Å². The van der Waals surface area contributed by atoms with Gasteiger partial charge in [-0.3, -0.25) is 43.3 Å². The number of anilines is 1. The van der Waals surface area contributed by atoms with E-state index in [-0.39, 0.29) is 94.8 Å². The number of aryl methyl sites for hydroxylation is 2. The first-order valence-electron chi connectivity index (χ1n) is 37.6. The minimum Gasteiger partial charge on any atom is -0.469 e. The summed E-state index contributed by atoms with van der Waals surface area (Å²) in [5, 5.41) is 20.2. The summed E-state index contributed by atoms with van der Waals surface area (Å²) in [6, 6.07) is 15.6. The molecule has 0 aliphatic carbocycles. The Morgan fingerprint density at radius 2 is 0.800 bits per heavy atom. The highest BCUT2D eigenvalue weighted by molar-refractivity contribution is 5.94. The topological polar surface area (TPSA) is 255 Å². The molecule has 100 heavy (non-hydrogen) atoms. The van der Waals surface area contributed by atoms with E-state index in [1.54, 1.807) is 13.8 Å². The third-order valence-electron chi connectivity index (χ3n) is 16.1. The highest BCUT2D eigenvalue weighted by Crippen LogP contribution is 2.12. The Morgan fingerprint density at radius 1 is 0.430 bits per heavy atom. The lowest BCUT2D eigenvalue weighted by Gasteiger charge is -2.32. The first-order valence-corrected chi connectivity index (χ1v) is 37.6. The summed E-state index contributed by atoms with van der Waals surface area (Å²) in [5.41, 5.74) is 3.87. The number of benzene rings is 2.